The first-order valence-electron chi connectivity index (χ1n) is 10.2. The Labute approximate surface area is 178 Å². The van der Waals surface area contributed by atoms with E-state index in [0.29, 0.717) is 12.4 Å². The highest BCUT2D eigenvalue weighted by Crippen LogP contribution is 2.38. The number of thiazole rings is 1. The number of aromatic nitrogens is 2. The van der Waals surface area contributed by atoms with Gasteiger partial charge in [0.05, 0.1) is 5.54 Å². The van der Waals surface area contributed by atoms with Crippen molar-refractivity contribution in [1.29, 1.82) is 0 Å². The maximum Gasteiger partial charge on any atom is 0.246 e. The summed E-state index contributed by atoms with van der Waals surface area (Å²) in [5, 5.41) is 9.26. The molecule has 2 N–H and O–H groups in total. The lowest BCUT2D eigenvalue weighted by Crippen LogP contribution is -2.40. The molecule has 5 rings (SSSR count). The van der Waals surface area contributed by atoms with Crippen LogP contribution >= 0.6 is 11.3 Å². The van der Waals surface area contributed by atoms with Gasteiger partial charge in [-0.25, -0.2) is 9.97 Å². The average molecular weight is 422 g/mol. The van der Waals surface area contributed by atoms with Crippen molar-refractivity contribution < 1.29 is 9.59 Å². The first-order chi connectivity index (χ1) is 14.6. The minimum Gasteiger partial charge on any atom is -0.339 e. The fraction of sp³-hybridized carbons (Fsp3) is 0.364. The third-order valence-electron chi connectivity index (χ3n) is 5.94. The number of pyridine rings is 1. The molecular formula is C22H23N5O2S. The number of hydrogen-bond donors (Lipinski definition) is 2. The number of carbonyl (C=O) groups is 2. The Morgan fingerprint density at radius 1 is 1.23 bits per heavy atom. The summed E-state index contributed by atoms with van der Waals surface area (Å²) in [7, 11) is 0. The molecule has 0 bridgehead atoms. The number of nitrogens with one attached hydrogen (secondary N) is 2. The molecule has 2 aliphatic heterocycles. The number of likely N-dealkylation sites (tertiary alicyclic amines) is 1. The zero-order chi connectivity index (χ0) is 20.6. The number of fused-ring (bicyclic) bond motifs is 1. The van der Waals surface area contributed by atoms with Crippen LogP contribution in [0.5, 0.6) is 0 Å². The molecule has 8 heteroatoms. The molecule has 1 spiro atoms. The van der Waals surface area contributed by atoms with E-state index in [2.05, 4.69) is 26.7 Å². The van der Waals surface area contributed by atoms with Crippen LogP contribution in [0.4, 0.5) is 5.82 Å². The van der Waals surface area contributed by atoms with Gasteiger partial charge in [0.25, 0.3) is 0 Å². The second-order valence-corrected chi connectivity index (χ2v) is 8.92. The summed E-state index contributed by atoms with van der Waals surface area (Å²) in [6.45, 7) is 2.04. The SMILES string of the molecule is O=C(/C=C/c1cnc2c(c1)CNC1(CC1)C(=O)N2)N1CCC(=Cc2nccs2)CC1. The molecule has 0 radical (unpaired) electrons. The molecule has 2 aromatic rings. The third-order valence-corrected chi connectivity index (χ3v) is 6.66. The van der Waals surface area contributed by atoms with Crippen molar-refractivity contribution in [3.8, 4) is 0 Å². The van der Waals surface area contributed by atoms with Crippen molar-refractivity contribution in [2.45, 2.75) is 37.8 Å². The van der Waals surface area contributed by atoms with Crippen molar-refractivity contribution in [3.05, 3.63) is 51.6 Å². The molecule has 7 nitrogen and oxygen atoms in total. The van der Waals surface area contributed by atoms with E-state index in [-0.39, 0.29) is 11.8 Å². The van der Waals surface area contributed by atoms with Gasteiger partial charge in [0.15, 0.2) is 0 Å². The lowest BCUT2D eigenvalue weighted by atomic mass is 10.0. The van der Waals surface area contributed by atoms with Crippen molar-refractivity contribution >= 4 is 41.1 Å². The van der Waals surface area contributed by atoms with Crippen LogP contribution in [0.15, 0.2) is 35.5 Å². The topological polar surface area (TPSA) is 87.2 Å². The van der Waals surface area contributed by atoms with Crippen molar-refractivity contribution in [1.82, 2.24) is 20.2 Å². The Hall–Kier alpha value is -2.84. The normalized spacial score (nSPS) is 20.1. The van der Waals surface area contributed by atoms with Crippen molar-refractivity contribution in [2.75, 3.05) is 18.4 Å². The van der Waals surface area contributed by atoms with Gasteiger partial charge >= 0.3 is 0 Å². The van der Waals surface area contributed by atoms with Crippen LogP contribution in [-0.2, 0) is 16.1 Å². The van der Waals surface area contributed by atoms with E-state index >= 15 is 0 Å². The highest BCUT2D eigenvalue weighted by molar-refractivity contribution is 7.10. The summed E-state index contributed by atoms with van der Waals surface area (Å²) in [4.78, 5) is 35.4. The fourth-order valence-electron chi connectivity index (χ4n) is 3.88. The van der Waals surface area contributed by atoms with Crippen LogP contribution in [-0.4, -0.2) is 45.3 Å². The van der Waals surface area contributed by atoms with Crippen LogP contribution in [0.3, 0.4) is 0 Å². The molecule has 4 heterocycles. The Bertz CT molecular complexity index is 1030. The molecule has 2 amide bonds. The van der Waals surface area contributed by atoms with E-state index in [0.717, 1.165) is 54.9 Å². The van der Waals surface area contributed by atoms with E-state index < -0.39 is 5.54 Å². The summed E-state index contributed by atoms with van der Waals surface area (Å²) < 4.78 is 0. The van der Waals surface area contributed by atoms with E-state index in [9.17, 15) is 9.59 Å². The predicted molar refractivity (Wildman–Crippen MR) is 117 cm³/mol. The molecule has 2 fully saturated rings. The van der Waals surface area contributed by atoms with Crippen molar-refractivity contribution in [3.63, 3.8) is 0 Å². The molecule has 1 aliphatic carbocycles. The van der Waals surface area contributed by atoms with Gasteiger partial charge in [-0.1, -0.05) is 5.57 Å². The molecule has 30 heavy (non-hydrogen) atoms. The van der Waals surface area contributed by atoms with Gasteiger partial charge in [-0.15, -0.1) is 11.3 Å². The summed E-state index contributed by atoms with van der Waals surface area (Å²) in [5.74, 6) is 0.623. The molecule has 1 saturated heterocycles. The number of nitrogens with zero attached hydrogens (tertiary/aromatic N) is 3. The van der Waals surface area contributed by atoms with Crippen LogP contribution in [0.1, 0.15) is 41.8 Å². The quantitative estimate of drug-likeness (QED) is 0.744. The zero-order valence-corrected chi connectivity index (χ0v) is 17.4. The monoisotopic (exact) mass is 421 g/mol. The molecule has 154 valence electrons. The largest absolute Gasteiger partial charge is 0.339 e. The lowest BCUT2D eigenvalue weighted by molar-refractivity contribution is -0.126. The number of rotatable bonds is 3. The number of hydrogen-bond acceptors (Lipinski definition) is 6. The Balaban J connectivity index is 1.20. The molecule has 0 aromatic carbocycles. The lowest BCUT2D eigenvalue weighted by Gasteiger charge is -2.27. The summed E-state index contributed by atoms with van der Waals surface area (Å²) in [5.41, 5.74) is 2.73. The Kier molecular flexibility index (Phi) is 4.96. The number of carbonyl (C=O) groups excluding carboxylic acids is 2. The zero-order valence-electron chi connectivity index (χ0n) is 16.6. The van der Waals surface area contributed by atoms with Crippen LogP contribution in [0.25, 0.3) is 12.2 Å². The van der Waals surface area contributed by atoms with Gasteiger partial charge in [0, 0.05) is 49.0 Å². The predicted octanol–water partition coefficient (Wildman–Crippen LogP) is 2.83. The van der Waals surface area contributed by atoms with Gasteiger partial charge in [-0.3, -0.25) is 14.9 Å². The van der Waals surface area contributed by atoms with Crippen molar-refractivity contribution in [2.24, 2.45) is 0 Å². The van der Waals surface area contributed by atoms with Gasteiger partial charge in [0.1, 0.15) is 10.8 Å². The van der Waals surface area contributed by atoms with E-state index in [1.165, 1.54) is 5.57 Å². The van der Waals surface area contributed by atoms with Crippen LogP contribution < -0.4 is 10.6 Å². The molecule has 0 unspecified atom stereocenters. The minimum absolute atomic E-state index is 0.000553. The smallest absolute Gasteiger partial charge is 0.246 e. The summed E-state index contributed by atoms with van der Waals surface area (Å²) in [6, 6.07) is 1.98. The Morgan fingerprint density at radius 3 is 2.80 bits per heavy atom. The second-order valence-electron chi connectivity index (χ2n) is 8.00. The molecule has 3 aliphatic rings. The maximum absolute atomic E-state index is 12.6. The summed E-state index contributed by atoms with van der Waals surface area (Å²) >= 11 is 1.63. The van der Waals surface area contributed by atoms with Gasteiger partial charge in [-0.05, 0) is 49.5 Å². The van der Waals surface area contributed by atoms with E-state index in [4.69, 9.17) is 0 Å². The summed E-state index contributed by atoms with van der Waals surface area (Å²) in [6.07, 6.45) is 12.6. The molecular weight excluding hydrogens is 398 g/mol. The fourth-order valence-corrected chi connectivity index (χ4v) is 4.50. The third kappa shape index (κ3) is 3.93. The van der Waals surface area contributed by atoms with E-state index in [1.807, 2.05) is 22.5 Å². The maximum atomic E-state index is 12.6. The average Bonchev–Trinajstić information content (AvgIpc) is 3.42. The first-order valence-corrected chi connectivity index (χ1v) is 11.1. The van der Waals surface area contributed by atoms with Gasteiger partial charge in [0.2, 0.25) is 11.8 Å². The number of piperidine rings is 1. The molecule has 0 atom stereocenters. The van der Waals surface area contributed by atoms with Gasteiger partial charge in [-0.2, -0.15) is 0 Å². The molecule has 1 saturated carbocycles. The first kappa shape index (κ1) is 19.1. The number of anilines is 1. The molecule has 2 aromatic heterocycles. The van der Waals surface area contributed by atoms with Gasteiger partial charge < -0.3 is 10.2 Å². The Morgan fingerprint density at radius 2 is 2.07 bits per heavy atom. The minimum atomic E-state index is -0.409. The van der Waals surface area contributed by atoms with Crippen LogP contribution in [0.2, 0.25) is 0 Å². The number of amides is 2. The standard InChI is InChI=1S/C22H23N5O2S/c28-19(27-8-3-15(4-9-27)12-18-23-7-10-30-18)2-1-16-11-17-14-25-22(5-6-22)21(29)26-20(17)24-13-16/h1-2,7,10-13,25H,3-6,8-9,14H2,(H,24,26,29)/b2-1+. The highest BCUT2D eigenvalue weighted by Gasteiger charge is 2.50. The second kappa shape index (κ2) is 7.77. The van der Waals surface area contributed by atoms with E-state index in [1.54, 1.807) is 29.7 Å². The highest BCUT2D eigenvalue weighted by atomic mass is 32.1. The van der Waals surface area contributed by atoms with Crippen LogP contribution in [0, 0.1) is 0 Å².